The number of nitrogens with zero attached hydrogens (tertiary/aromatic N) is 5. The number of hydrogen-bond donors (Lipinski definition) is 2. The molecule has 4 heterocycles. The maximum Gasteiger partial charge on any atom is 0.225 e. The van der Waals surface area contributed by atoms with Crippen LogP contribution in [0.25, 0.3) is 11.0 Å². The van der Waals surface area contributed by atoms with E-state index in [-0.39, 0.29) is 6.10 Å². The number of rotatable bonds is 7. The molecule has 9 nitrogen and oxygen atoms in total. The van der Waals surface area contributed by atoms with Crippen LogP contribution >= 0.6 is 15.9 Å². The highest BCUT2D eigenvalue weighted by atomic mass is 79.9. The van der Waals surface area contributed by atoms with Crippen molar-refractivity contribution in [3.63, 3.8) is 0 Å². The molecule has 1 unspecified atom stereocenters. The number of halogens is 1. The van der Waals surface area contributed by atoms with Crippen LogP contribution < -0.4 is 10.6 Å². The highest BCUT2D eigenvalue weighted by molar-refractivity contribution is 9.10. The van der Waals surface area contributed by atoms with Crippen molar-refractivity contribution in [2.75, 3.05) is 56.8 Å². The molecule has 1 saturated heterocycles. The second-order valence-electron chi connectivity index (χ2n) is 8.89. The fourth-order valence-corrected chi connectivity index (χ4v) is 4.68. The molecule has 1 atom stereocenters. The van der Waals surface area contributed by atoms with E-state index in [1.54, 1.807) is 0 Å². The summed E-state index contributed by atoms with van der Waals surface area (Å²) in [6.07, 6.45) is 1.74. The second-order valence-corrected chi connectivity index (χ2v) is 9.81. The zero-order valence-corrected chi connectivity index (χ0v) is 20.6. The number of fused-ring (bicyclic) bond motifs is 2. The monoisotopic (exact) mass is 515 g/mol. The summed E-state index contributed by atoms with van der Waals surface area (Å²) in [5.74, 6) is 1.06. The van der Waals surface area contributed by atoms with Crippen molar-refractivity contribution in [1.29, 1.82) is 0 Å². The first-order valence-corrected chi connectivity index (χ1v) is 12.3. The number of morpholine rings is 1. The van der Waals surface area contributed by atoms with Gasteiger partial charge in [0.05, 0.1) is 24.3 Å². The van der Waals surface area contributed by atoms with Gasteiger partial charge in [-0.1, -0.05) is 29.8 Å². The predicted molar refractivity (Wildman–Crippen MR) is 131 cm³/mol. The molecule has 0 aliphatic carbocycles. The van der Waals surface area contributed by atoms with Crippen LogP contribution in [0, 0.1) is 5.92 Å². The molecule has 0 radical (unpaired) electrons. The Bertz CT molecular complexity index is 1110. The zero-order chi connectivity index (χ0) is 22.8. The minimum Gasteiger partial charge on any atom is -0.379 e. The Kier molecular flexibility index (Phi) is 6.77. The van der Waals surface area contributed by atoms with E-state index in [9.17, 15) is 0 Å². The molecular formula is C23H30BrN7O2. The summed E-state index contributed by atoms with van der Waals surface area (Å²) in [6, 6.07) is 6.18. The lowest BCUT2D eigenvalue weighted by molar-refractivity contribution is 0.0398. The summed E-state index contributed by atoms with van der Waals surface area (Å²) in [6.45, 7) is 10.8. The topological polar surface area (TPSA) is 89.4 Å². The van der Waals surface area contributed by atoms with Gasteiger partial charge in [0.15, 0.2) is 5.65 Å². The largest absolute Gasteiger partial charge is 0.379 e. The van der Waals surface area contributed by atoms with Gasteiger partial charge < -0.3 is 20.1 Å². The summed E-state index contributed by atoms with van der Waals surface area (Å²) >= 11 is 3.60. The summed E-state index contributed by atoms with van der Waals surface area (Å²) in [5.41, 5.74) is 3.63. The Morgan fingerprint density at radius 1 is 1.24 bits per heavy atom. The van der Waals surface area contributed by atoms with Gasteiger partial charge in [-0.3, -0.25) is 9.58 Å². The lowest BCUT2D eigenvalue weighted by Gasteiger charge is -2.28. The van der Waals surface area contributed by atoms with Gasteiger partial charge in [-0.25, -0.2) is 4.98 Å². The van der Waals surface area contributed by atoms with E-state index in [0.717, 1.165) is 72.7 Å². The van der Waals surface area contributed by atoms with E-state index >= 15 is 0 Å². The number of nitrogens with one attached hydrogen (secondary N) is 2. The third kappa shape index (κ3) is 5.13. The van der Waals surface area contributed by atoms with E-state index in [4.69, 9.17) is 24.5 Å². The number of anilines is 2. The van der Waals surface area contributed by atoms with Crippen LogP contribution in [0.5, 0.6) is 0 Å². The molecule has 3 aromatic rings. The molecule has 2 aliphatic rings. The number of hydrogen-bond acceptors (Lipinski definition) is 8. The van der Waals surface area contributed by atoms with E-state index in [2.05, 4.69) is 57.4 Å². The fraction of sp³-hybridized carbons (Fsp3) is 0.522. The number of ether oxygens (including phenoxy) is 2. The summed E-state index contributed by atoms with van der Waals surface area (Å²) in [4.78, 5) is 12.1. The van der Waals surface area contributed by atoms with Gasteiger partial charge in [-0.05, 0) is 24.1 Å². The van der Waals surface area contributed by atoms with Crippen molar-refractivity contribution < 1.29 is 9.47 Å². The Labute approximate surface area is 202 Å². The molecule has 176 valence electrons. The lowest BCUT2D eigenvalue weighted by Crippen LogP contribution is -2.39. The van der Waals surface area contributed by atoms with Gasteiger partial charge in [0, 0.05) is 54.6 Å². The second kappa shape index (κ2) is 9.92. The standard InChI is InChI=1S/C23H30BrN7O2/c1-15(2)12-31-13-18-20(21-17-11-16(24)3-4-19(17)26-14-33-21)27-23(28-22(18)29-31)25-5-6-30-7-9-32-10-8-30/h3-4,11,13,15,21,26H,5-10,12,14H2,1-2H3,(H,25,28,29). The molecule has 1 aromatic carbocycles. The lowest BCUT2D eigenvalue weighted by atomic mass is 10.0. The Morgan fingerprint density at radius 3 is 2.91 bits per heavy atom. The SMILES string of the molecule is CC(C)Cn1cc2c(C3OCNc4ccc(Br)cc43)nc(NCCN3CCOCC3)nc2n1. The van der Waals surface area contributed by atoms with Crippen LogP contribution in [0.3, 0.4) is 0 Å². The average molecular weight is 516 g/mol. The van der Waals surface area contributed by atoms with Crippen molar-refractivity contribution in [2.24, 2.45) is 5.92 Å². The van der Waals surface area contributed by atoms with Gasteiger partial charge >= 0.3 is 0 Å². The van der Waals surface area contributed by atoms with Gasteiger partial charge in [-0.15, -0.1) is 0 Å². The van der Waals surface area contributed by atoms with Crippen molar-refractivity contribution in [1.82, 2.24) is 24.6 Å². The van der Waals surface area contributed by atoms with Crippen LogP contribution in [0.4, 0.5) is 11.6 Å². The van der Waals surface area contributed by atoms with Gasteiger partial charge in [0.1, 0.15) is 12.8 Å². The molecule has 2 N–H and O–H groups in total. The van der Waals surface area contributed by atoms with Crippen LogP contribution in [0.2, 0.25) is 0 Å². The number of benzene rings is 1. The zero-order valence-electron chi connectivity index (χ0n) is 19.1. The first kappa shape index (κ1) is 22.5. The highest BCUT2D eigenvalue weighted by Gasteiger charge is 2.28. The van der Waals surface area contributed by atoms with Crippen LogP contribution in [0.1, 0.15) is 31.2 Å². The smallest absolute Gasteiger partial charge is 0.225 e. The van der Waals surface area contributed by atoms with Gasteiger partial charge in [0.25, 0.3) is 0 Å². The van der Waals surface area contributed by atoms with Crippen molar-refractivity contribution in [3.8, 4) is 0 Å². The maximum absolute atomic E-state index is 6.19. The normalized spacial score (nSPS) is 19.0. The molecule has 10 heteroatoms. The first-order chi connectivity index (χ1) is 16.1. The minimum atomic E-state index is -0.305. The molecule has 2 aromatic heterocycles. The van der Waals surface area contributed by atoms with Crippen molar-refractivity contribution in [3.05, 3.63) is 40.1 Å². The summed E-state index contributed by atoms with van der Waals surface area (Å²) < 4.78 is 14.6. The Hall–Kier alpha value is -2.27. The molecule has 1 fully saturated rings. The van der Waals surface area contributed by atoms with Gasteiger partial charge in [-0.2, -0.15) is 10.1 Å². The maximum atomic E-state index is 6.19. The summed E-state index contributed by atoms with van der Waals surface area (Å²) in [7, 11) is 0. The van der Waals surface area contributed by atoms with Crippen molar-refractivity contribution >= 4 is 38.6 Å². The Balaban J connectivity index is 1.48. The van der Waals surface area contributed by atoms with Gasteiger partial charge in [0.2, 0.25) is 5.95 Å². The van der Waals surface area contributed by atoms with Crippen LogP contribution in [-0.2, 0) is 16.0 Å². The first-order valence-electron chi connectivity index (χ1n) is 11.5. The fourth-order valence-electron chi connectivity index (χ4n) is 4.30. The molecule has 33 heavy (non-hydrogen) atoms. The van der Waals surface area contributed by atoms with Crippen molar-refractivity contribution in [2.45, 2.75) is 26.5 Å². The quantitative estimate of drug-likeness (QED) is 0.494. The van der Waals surface area contributed by atoms with Crippen LogP contribution in [0.15, 0.2) is 28.9 Å². The molecule has 2 aliphatic heterocycles. The van der Waals surface area contributed by atoms with E-state index in [1.807, 2.05) is 16.9 Å². The highest BCUT2D eigenvalue weighted by Crippen LogP contribution is 2.38. The Morgan fingerprint density at radius 2 is 2.09 bits per heavy atom. The predicted octanol–water partition coefficient (Wildman–Crippen LogP) is 3.48. The number of aromatic nitrogens is 4. The molecule has 0 saturated carbocycles. The third-order valence-corrected chi connectivity index (χ3v) is 6.37. The summed E-state index contributed by atoms with van der Waals surface area (Å²) in [5, 5.41) is 12.4. The van der Waals surface area contributed by atoms with E-state index < -0.39 is 0 Å². The minimum absolute atomic E-state index is 0.305. The van der Waals surface area contributed by atoms with E-state index in [0.29, 0.717) is 24.2 Å². The molecular weight excluding hydrogens is 486 g/mol. The molecule has 0 bridgehead atoms. The third-order valence-electron chi connectivity index (χ3n) is 5.88. The molecule has 0 amide bonds. The average Bonchev–Trinajstić information content (AvgIpc) is 3.20. The molecule has 0 spiro atoms. The van der Waals surface area contributed by atoms with E-state index in [1.165, 1.54) is 0 Å². The van der Waals surface area contributed by atoms with Crippen LogP contribution in [-0.4, -0.2) is 70.8 Å². The molecule has 5 rings (SSSR count).